The number of rotatable bonds is 5. The van der Waals surface area contributed by atoms with Gasteiger partial charge in [-0.2, -0.15) is 0 Å². The van der Waals surface area contributed by atoms with Crippen molar-refractivity contribution in [3.63, 3.8) is 0 Å². The fourth-order valence-corrected chi connectivity index (χ4v) is 1.84. The van der Waals surface area contributed by atoms with Gasteiger partial charge in [-0.15, -0.1) is 0 Å². The molecule has 90 valence electrons. The number of aryl methyl sites for hydroxylation is 1. The molecule has 1 unspecified atom stereocenters. The van der Waals surface area contributed by atoms with Gasteiger partial charge in [0.05, 0.1) is 5.60 Å². The van der Waals surface area contributed by atoms with Crippen LogP contribution in [0.15, 0.2) is 24.3 Å². The van der Waals surface area contributed by atoms with E-state index in [0.717, 1.165) is 12.0 Å². The fourth-order valence-electron chi connectivity index (χ4n) is 1.84. The molecule has 2 nitrogen and oxygen atoms in total. The van der Waals surface area contributed by atoms with E-state index in [-0.39, 0.29) is 0 Å². The second-order valence-electron chi connectivity index (χ2n) is 4.54. The Kier molecular flexibility index (Phi) is 4.51. The minimum atomic E-state index is -0.584. The summed E-state index contributed by atoms with van der Waals surface area (Å²) in [6.45, 7) is 8.49. The van der Waals surface area contributed by atoms with Gasteiger partial charge in [0.25, 0.3) is 0 Å². The molecule has 0 amide bonds. The molecule has 1 atom stereocenters. The zero-order valence-electron chi connectivity index (χ0n) is 10.7. The molecule has 2 heteroatoms. The smallest absolute Gasteiger partial charge is 0.107 e. The topological polar surface area (TPSA) is 29.5 Å². The van der Waals surface area contributed by atoms with Gasteiger partial charge in [-0.05, 0) is 38.3 Å². The molecule has 0 aromatic heterocycles. The lowest BCUT2D eigenvalue weighted by Crippen LogP contribution is -2.32. The van der Waals surface area contributed by atoms with Crippen molar-refractivity contribution in [2.75, 3.05) is 6.61 Å². The molecule has 1 N–H and O–H groups in total. The van der Waals surface area contributed by atoms with Crippen molar-refractivity contribution in [1.82, 2.24) is 0 Å². The summed E-state index contributed by atoms with van der Waals surface area (Å²) in [5.74, 6) is 0. The average molecular weight is 222 g/mol. The highest BCUT2D eigenvalue weighted by Crippen LogP contribution is 2.29. The van der Waals surface area contributed by atoms with Crippen LogP contribution in [-0.4, -0.2) is 17.3 Å². The Morgan fingerprint density at radius 2 is 2.00 bits per heavy atom. The second-order valence-corrected chi connectivity index (χ2v) is 4.54. The van der Waals surface area contributed by atoms with E-state index in [0.29, 0.717) is 6.61 Å². The van der Waals surface area contributed by atoms with Gasteiger partial charge in [0, 0.05) is 6.61 Å². The number of aliphatic hydroxyl groups is 1. The average Bonchev–Trinajstić information content (AvgIpc) is 2.28. The summed E-state index contributed by atoms with van der Waals surface area (Å²) >= 11 is 0. The Balaban J connectivity index is 2.90. The SMILES string of the molecule is CCOC(C)(C)C(O)c1cccc(CC)c1. The molecule has 0 fully saturated rings. The molecule has 0 bridgehead atoms. The number of ether oxygens (including phenoxy) is 1. The first-order valence-corrected chi connectivity index (χ1v) is 5.92. The van der Waals surface area contributed by atoms with E-state index in [1.807, 2.05) is 39.0 Å². The Morgan fingerprint density at radius 1 is 1.31 bits per heavy atom. The lowest BCUT2D eigenvalue weighted by Gasteiger charge is -2.30. The van der Waals surface area contributed by atoms with E-state index in [9.17, 15) is 5.11 Å². The zero-order valence-corrected chi connectivity index (χ0v) is 10.7. The van der Waals surface area contributed by atoms with Crippen LogP contribution in [0.4, 0.5) is 0 Å². The van der Waals surface area contributed by atoms with Gasteiger partial charge in [-0.1, -0.05) is 31.2 Å². The normalized spacial score (nSPS) is 13.8. The molecule has 0 aliphatic heterocycles. The lowest BCUT2D eigenvalue weighted by atomic mass is 9.93. The Labute approximate surface area is 98.3 Å². The van der Waals surface area contributed by atoms with Crippen molar-refractivity contribution in [1.29, 1.82) is 0 Å². The van der Waals surface area contributed by atoms with Gasteiger partial charge in [-0.3, -0.25) is 0 Å². The molecular formula is C14H22O2. The Hall–Kier alpha value is -0.860. The van der Waals surface area contributed by atoms with Crippen molar-refractivity contribution in [2.45, 2.75) is 45.8 Å². The number of aliphatic hydroxyl groups excluding tert-OH is 1. The predicted molar refractivity (Wildman–Crippen MR) is 66.5 cm³/mol. The van der Waals surface area contributed by atoms with E-state index in [1.165, 1.54) is 5.56 Å². The quantitative estimate of drug-likeness (QED) is 0.829. The van der Waals surface area contributed by atoms with E-state index in [2.05, 4.69) is 13.0 Å². The van der Waals surface area contributed by atoms with Gasteiger partial charge in [-0.25, -0.2) is 0 Å². The molecule has 0 aliphatic carbocycles. The Morgan fingerprint density at radius 3 is 2.56 bits per heavy atom. The molecule has 0 saturated carbocycles. The summed E-state index contributed by atoms with van der Waals surface area (Å²) in [5.41, 5.74) is 1.63. The summed E-state index contributed by atoms with van der Waals surface area (Å²) in [7, 11) is 0. The maximum Gasteiger partial charge on any atom is 0.107 e. The Bertz CT molecular complexity index is 331. The van der Waals surface area contributed by atoms with Gasteiger partial charge >= 0.3 is 0 Å². The lowest BCUT2D eigenvalue weighted by molar-refractivity contribution is -0.0983. The molecule has 0 radical (unpaired) electrons. The van der Waals surface area contributed by atoms with E-state index in [4.69, 9.17) is 4.74 Å². The van der Waals surface area contributed by atoms with Crippen LogP contribution < -0.4 is 0 Å². The highest BCUT2D eigenvalue weighted by molar-refractivity contribution is 5.26. The minimum absolute atomic E-state index is 0.541. The third kappa shape index (κ3) is 3.06. The standard InChI is InChI=1S/C14H22O2/c1-5-11-8-7-9-12(10-11)13(15)14(3,4)16-6-2/h7-10,13,15H,5-6H2,1-4H3. The molecule has 16 heavy (non-hydrogen) atoms. The maximum absolute atomic E-state index is 10.3. The third-order valence-corrected chi connectivity index (χ3v) is 2.85. The highest BCUT2D eigenvalue weighted by atomic mass is 16.5. The van der Waals surface area contributed by atoms with Crippen LogP contribution in [0.1, 0.15) is 44.9 Å². The molecule has 1 aromatic carbocycles. The van der Waals surface area contributed by atoms with Crippen molar-refractivity contribution < 1.29 is 9.84 Å². The maximum atomic E-state index is 10.3. The summed E-state index contributed by atoms with van der Waals surface area (Å²) in [5, 5.41) is 10.3. The van der Waals surface area contributed by atoms with Gasteiger partial charge in [0.2, 0.25) is 0 Å². The van der Waals surface area contributed by atoms with E-state index < -0.39 is 11.7 Å². The fraction of sp³-hybridized carbons (Fsp3) is 0.571. The van der Waals surface area contributed by atoms with Crippen molar-refractivity contribution in [3.8, 4) is 0 Å². The highest BCUT2D eigenvalue weighted by Gasteiger charge is 2.29. The molecule has 0 heterocycles. The first-order chi connectivity index (χ1) is 7.51. The van der Waals surface area contributed by atoms with E-state index in [1.54, 1.807) is 0 Å². The summed E-state index contributed by atoms with van der Waals surface area (Å²) < 4.78 is 5.57. The zero-order chi connectivity index (χ0) is 12.2. The largest absolute Gasteiger partial charge is 0.385 e. The molecular weight excluding hydrogens is 200 g/mol. The van der Waals surface area contributed by atoms with Crippen LogP contribution in [0.2, 0.25) is 0 Å². The first kappa shape index (κ1) is 13.2. The van der Waals surface area contributed by atoms with Crippen LogP contribution in [0, 0.1) is 0 Å². The van der Waals surface area contributed by atoms with Crippen LogP contribution in [-0.2, 0) is 11.2 Å². The van der Waals surface area contributed by atoms with Gasteiger partial charge in [0.1, 0.15) is 6.10 Å². The van der Waals surface area contributed by atoms with Crippen LogP contribution in [0.25, 0.3) is 0 Å². The minimum Gasteiger partial charge on any atom is -0.385 e. The number of hydrogen-bond acceptors (Lipinski definition) is 2. The summed E-state index contributed by atoms with van der Waals surface area (Å²) in [4.78, 5) is 0. The molecule has 1 aromatic rings. The monoisotopic (exact) mass is 222 g/mol. The van der Waals surface area contributed by atoms with Crippen LogP contribution >= 0.6 is 0 Å². The van der Waals surface area contributed by atoms with Gasteiger partial charge in [0.15, 0.2) is 0 Å². The predicted octanol–water partition coefficient (Wildman–Crippen LogP) is 3.10. The van der Waals surface area contributed by atoms with Crippen molar-refractivity contribution in [3.05, 3.63) is 35.4 Å². The second kappa shape index (κ2) is 5.46. The van der Waals surface area contributed by atoms with Gasteiger partial charge < -0.3 is 9.84 Å². The molecule has 0 aliphatic rings. The summed E-state index contributed by atoms with van der Waals surface area (Å²) in [6.07, 6.45) is 0.397. The summed E-state index contributed by atoms with van der Waals surface area (Å²) in [6, 6.07) is 8.05. The van der Waals surface area contributed by atoms with Crippen LogP contribution in [0.3, 0.4) is 0 Å². The number of benzene rings is 1. The van der Waals surface area contributed by atoms with E-state index >= 15 is 0 Å². The first-order valence-electron chi connectivity index (χ1n) is 5.92. The molecule has 1 rings (SSSR count). The van der Waals surface area contributed by atoms with Crippen molar-refractivity contribution >= 4 is 0 Å². The van der Waals surface area contributed by atoms with Crippen LogP contribution in [0.5, 0.6) is 0 Å². The molecule has 0 saturated heterocycles. The third-order valence-electron chi connectivity index (χ3n) is 2.85. The van der Waals surface area contributed by atoms with Crippen molar-refractivity contribution in [2.24, 2.45) is 0 Å². The molecule has 0 spiro atoms. The number of hydrogen-bond donors (Lipinski definition) is 1.